The first-order valence-corrected chi connectivity index (χ1v) is 7.10. The zero-order chi connectivity index (χ0) is 12.3. The number of carbonyl (C=O) groups excluding carboxylic acids is 1. The Balaban J connectivity index is 1.78. The van der Waals surface area contributed by atoms with Gasteiger partial charge in [-0.05, 0) is 37.4 Å². The lowest BCUT2D eigenvalue weighted by Gasteiger charge is -2.15. The molecule has 2 rings (SSSR count). The summed E-state index contributed by atoms with van der Waals surface area (Å²) in [6, 6.07) is 3.87. The molecule has 0 bridgehead atoms. The molecule has 0 saturated carbocycles. The third kappa shape index (κ3) is 3.44. The Hall–Kier alpha value is -0.580. The van der Waals surface area contributed by atoms with Crippen LogP contribution in [0, 0.1) is 5.92 Å². The van der Waals surface area contributed by atoms with Crippen molar-refractivity contribution in [1.82, 2.24) is 4.90 Å². The van der Waals surface area contributed by atoms with Crippen molar-refractivity contribution in [2.75, 3.05) is 19.6 Å². The highest BCUT2D eigenvalue weighted by Crippen LogP contribution is 2.23. The Morgan fingerprint density at radius 3 is 3.00 bits per heavy atom. The summed E-state index contributed by atoms with van der Waals surface area (Å²) >= 11 is 7.40. The largest absolute Gasteiger partial charge is 0.342 e. The number of aryl methyl sites for hydroxylation is 1. The van der Waals surface area contributed by atoms with Crippen LogP contribution in [-0.4, -0.2) is 30.4 Å². The first-order valence-electron chi connectivity index (χ1n) is 5.91. The summed E-state index contributed by atoms with van der Waals surface area (Å²) in [4.78, 5) is 15.1. The highest BCUT2D eigenvalue weighted by Gasteiger charge is 2.24. The fourth-order valence-corrected chi connectivity index (χ4v) is 3.21. The lowest BCUT2D eigenvalue weighted by molar-refractivity contribution is -0.130. The lowest BCUT2D eigenvalue weighted by Crippen LogP contribution is -2.29. The van der Waals surface area contributed by atoms with Crippen LogP contribution in [0.1, 0.15) is 17.7 Å². The summed E-state index contributed by atoms with van der Waals surface area (Å²) in [5.74, 6) is 0.737. The van der Waals surface area contributed by atoms with Crippen LogP contribution in [-0.2, 0) is 11.2 Å². The van der Waals surface area contributed by atoms with E-state index < -0.39 is 0 Å². The number of nitrogens with zero attached hydrogens (tertiary/aromatic N) is 1. The van der Waals surface area contributed by atoms with Crippen molar-refractivity contribution in [3.05, 3.63) is 21.3 Å². The number of rotatable bonds is 4. The third-order valence-electron chi connectivity index (χ3n) is 3.19. The number of hydrogen-bond acceptors (Lipinski definition) is 3. The van der Waals surface area contributed by atoms with Crippen LogP contribution in [0.5, 0.6) is 0 Å². The first-order chi connectivity index (χ1) is 8.19. The SMILES string of the molecule is NCC1CCN(C(=O)CCc2ccc(Cl)s2)C1. The van der Waals surface area contributed by atoms with Gasteiger partial charge in [0.05, 0.1) is 4.34 Å². The van der Waals surface area contributed by atoms with E-state index in [4.69, 9.17) is 17.3 Å². The number of nitrogens with two attached hydrogens (primary N) is 1. The van der Waals surface area contributed by atoms with Crippen LogP contribution in [0.25, 0.3) is 0 Å². The maximum absolute atomic E-state index is 11.9. The Morgan fingerprint density at radius 1 is 1.59 bits per heavy atom. The average Bonchev–Trinajstić information content (AvgIpc) is 2.94. The number of thiophene rings is 1. The molecule has 1 aromatic rings. The standard InChI is InChI=1S/C12H17ClN2OS/c13-11-3-1-10(17-11)2-4-12(16)15-6-5-9(7-14)8-15/h1,3,9H,2,4-8,14H2. The first kappa shape index (κ1) is 12.9. The van der Waals surface area contributed by atoms with E-state index >= 15 is 0 Å². The molecule has 0 spiro atoms. The molecule has 5 heteroatoms. The molecule has 17 heavy (non-hydrogen) atoms. The van der Waals surface area contributed by atoms with Crippen molar-refractivity contribution in [1.29, 1.82) is 0 Å². The summed E-state index contributed by atoms with van der Waals surface area (Å²) in [5, 5.41) is 0. The van der Waals surface area contributed by atoms with Gasteiger partial charge in [0.25, 0.3) is 0 Å². The van der Waals surface area contributed by atoms with Crippen LogP contribution >= 0.6 is 22.9 Å². The normalized spacial score (nSPS) is 19.9. The Labute approximate surface area is 111 Å². The zero-order valence-corrected chi connectivity index (χ0v) is 11.3. The number of likely N-dealkylation sites (tertiary alicyclic amines) is 1. The minimum absolute atomic E-state index is 0.241. The molecule has 1 fully saturated rings. The molecule has 2 heterocycles. The van der Waals surface area contributed by atoms with E-state index in [-0.39, 0.29) is 5.91 Å². The van der Waals surface area contributed by atoms with Crippen LogP contribution in [0.2, 0.25) is 4.34 Å². The van der Waals surface area contributed by atoms with E-state index in [9.17, 15) is 4.79 Å². The summed E-state index contributed by atoms with van der Waals surface area (Å²) in [6.45, 7) is 2.39. The molecule has 1 aliphatic rings. The number of halogens is 1. The molecule has 0 radical (unpaired) electrons. The van der Waals surface area contributed by atoms with Crippen LogP contribution < -0.4 is 5.73 Å². The summed E-state index contributed by atoms with van der Waals surface area (Å²) in [5.41, 5.74) is 5.61. The summed E-state index contributed by atoms with van der Waals surface area (Å²) in [6.07, 6.45) is 2.42. The van der Waals surface area contributed by atoms with E-state index in [1.165, 1.54) is 4.88 Å². The second kappa shape index (κ2) is 5.85. The minimum atomic E-state index is 0.241. The molecule has 0 aliphatic carbocycles. The van der Waals surface area contributed by atoms with Gasteiger partial charge in [-0.1, -0.05) is 11.6 Å². The molecule has 1 amide bonds. The second-order valence-electron chi connectivity index (χ2n) is 4.44. The molecular formula is C12H17ClN2OS. The molecule has 3 nitrogen and oxygen atoms in total. The number of amides is 1. The van der Waals surface area contributed by atoms with Crippen LogP contribution in [0.15, 0.2) is 12.1 Å². The maximum Gasteiger partial charge on any atom is 0.222 e. The van der Waals surface area contributed by atoms with Gasteiger partial charge in [0.1, 0.15) is 0 Å². The molecule has 2 N–H and O–H groups in total. The van der Waals surface area contributed by atoms with E-state index in [1.54, 1.807) is 11.3 Å². The molecular weight excluding hydrogens is 256 g/mol. The van der Waals surface area contributed by atoms with Crippen LogP contribution in [0.4, 0.5) is 0 Å². The fourth-order valence-electron chi connectivity index (χ4n) is 2.13. The van der Waals surface area contributed by atoms with Crippen molar-refractivity contribution in [3.8, 4) is 0 Å². The van der Waals surface area contributed by atoms with Crippen molar-refractivity contribution in [3.63, 3.8) is 0 Å². The molecule has 1 saturated heterocycles. The van der Waals surface area contributed by atoms with Gasteiger partial charge in [0.2, 0.25) is 5.91 Å². The van der Waals surface area contributed by atoms with E-state index in [0.717, 1.165) is 30.3 Å². The van der Waals surface area contributed by atoms with Gasteiger partial charge in [0.15, 0.2) is 0 Å². The topological polar surface area (TPSA) is 46.3 Å². The van der Waals surface area contributed by atoms with Crippen molar-refractivity contribution in [2.45, 2.75) is 19.3 Å². The lowest BCUT2D eigenvalue weighted by atomic mass is 10.1. The highest BCUT2D eigenvalue weighted by atomic mass is 35.5. The van der Waals surface area contributed by atoms with E-state index in [0.29, 0.717) is 18.9 Å². The van der Waals surface area contributed by atoms with Gasteiger partial charge in [-0.3, -0.25) is 4.79 Å². The van der Waals surface area contributed by atoms with Crippen molar-refractivity contribution in [2.24, 2.45) is 11.7 Å². The molecule has 94 valence electrons. The molecule has 1 aliphatic heterocycles. The van der Waals surface area contributed by atoms with E-state index in [1.807, 2.05) is 17.0 Å². The van der Waals surface area contributed by atoms with Gasteiger partial charge in [-0.15, -0.1) is 11.3 Å². The maximum atomic E-state index is 11.9. The van der Waals surface area contributed by atoms with Crippen molar-refractivity contribution < 1.29 is 4.79 Å². The van der Waals surface area contributed by atoms with Gasteiger partial charge in [0, 0.05) is 24.4 Å². The van der Waals surface area contributed by atoms with E-state index in [2.05, 4.69) is 0 Å². The minimum Gasteiger partial charge on any atom is -0.342 e. The zero-order valence-electron chi connectivity index (χ0n) is 9.69. The smallest absolute Gasteiger partial charge is 0.222 e. The number of carbonyl (C=O) groups is 1. The van der Waals surface area contributed by atoms with Gasteiger partial charge < -0.3 is 10.6 Å². The average molecular weight is 273 g/mol. The highest BCUT2D eigenvalue weighted by molar-refractivity contribution is 7.16. The molecule has 1 aromatic heterocycles. The number of hydrogen-bond donors (Lipinski definition) is 1. The summed E-state index contributed by atoms with van der Waals surface area (Å²) in [7, 11) is 0. The Bertz CT molecular complexity index is 394. The predicted molar refractivity (Wildman–Crippen MR) is 71.4 cm³/mol. The van der Waals surface area contributed by atoms with Crippen molar-refractivity contribution >= 4 is 28.8 Å². The molecule has 0 aromatic carbocycles. The van der Waals surface area contributed by atoms with Crippen LogP contribution in [0.3, 0.4) is 0 Å². The third-order valence-corrected chi connectivity index (χ3v) is 4.48. The quantitative estimate of drug-likeness (QED) is 0.913. The monoisotopic (exact) mass is 272 g/mol. The second-order valence-corrected chi connectivity index (χ2v) is 6.24. The molecule has 1 atom stereocenters. The Kier molecular flexibility index (Phi) is 4.42. The van der Waals surface area contributed by atoms with Gasteiger partial charge in [-0.25, -0.2) is 0 Å². The fraction of sp³-hybridized carbons (Fsp3) is 0.583. The predicted octanol–water partition coefficient (Wildman–Crippen LogP) is 2.14. The summed E-state index contributed by atoms with van der Waals surface area (Å²) < 4.78 is 0.789. The van der Waals surface area contributed by atoms with Gasteiger partial charge >= 0.3 is 0 Å². The molecule has 1 unspecified atom stereocenters. The van der Waals surface area contributed by atoms with Gasteiger partial charge in [-0.2, -0.15) is 0 Å². The Morgan fingerprint density at radius 2 is 2.41 bits per heavy atom.